The van der Waals surface area contributed by atoms with Crippen LogP contribution in [0.4, 0.5) is 0 Å². The van der Waals surface area contributed by atoms with Crippen LogP contribution in [0.2, 0.25) is 5.02 Å². The summed E-state index contributed by atoms with van der Waals surface area (Å²) in [6.07, 6.45) is 2.71. The number of benzene rings is 1. The fourth-order valence-corrected chi connectivity index (χ4v) is 2.04. The standard InChI is InChI=1S/C12H16ClN3/c1-8(6-14)3-9-4-11-12(5-10(9)13)16(2)7-15-11/h4-5,7-8H,3,6,14H2,1-2H3. The summed E-state index contributed by atoms with van der Waals surface area (Å²) >= 11 is 6.25. The number of rotatable bonds is 3. The van der Waals surface area contributed by atoms with Gasteiger partial charge in [0.2, 0.25) is 0 Å². The monoisotopic (exact) mass is 237 g/mol. The molecule has 0 saturated heterocycles. The van der Waals surface area contributed by atoms with Crippen molar-refractivity contribution in [1.82, 2.24) is 9.55 Å². The van der Waals surface area contributed by atoms with Crippen molar-refractivity contribution < 1.29 is 0 Å². The topological polar surface area (TPSA) is 43.8 Å². The predicted molar refractivity (Wildman–Crippen MR) is 67.6 cm³/mol. The lowest BCUT2D eigenvalue weighted by atomic mass is 10.0. The minimum atomic E-state index is 0.443. The number of nitrogens with zero attached hydrogens (tertiary/aromatic N) is 2. The van der Waals surface area contributed by atoms with Crippen LogP contribution in [-0.4, -0.2) is 16.1 Å². The van der Waals surface area contributed by atoms with Crippen LogP contribution >= 0.6 is 11.6 Å². The van der Waals surface area contributed by atoms with Crippen molar-refractivity contribution in [2.75, 3.05) is 6.54 Å². The molecule has 4 heteroatoms. The highest BCUT2D eigenvalue weighted by Crippen LogP contribution is 2.25. The van der Waals surface area contributed by atoms with E-state index in [-0.39, 0.29) is 0 Å². The van der Waals surface area contributed by atoms with Gasteiger partial charge in [-0.15, -0.1) is 0 Å². The fraction of sp³-hybridized carbons (Fsp3) is 0.417. The lowest BCUT2D eigenvalue weighted by molar-refractivity contribution is 0.593. The van der Waals surface area contributed by atoms with Gasteiger partial charge in [0.1, 0.15) is 0 Å². The third-order valence-corrected chi connectivity index (χ3v) is 3.22. The summed E-state index contributed by atoms with van der Waals surface area (Å²) in [4.78, 5) is 4.33. The van der Waals surface area contributed by atoms with Crippen molar-refractivity contribution >= 4 is 22.6 Å². The zero-order chi connectivity index (χ0) is 11.7. The Bertz CT molecular complexity index is 504. The Hall–Kier alpha value is -1.06. The van der Waals surface area contributed by atoms with Crippen LogP contribution in [0.3, 0.4) is 0 Å². The van der Waals surface area contributed by atoms with E-state index in [0.29, 0.717) is 12.5 Å². The van der Waals surface area contributed by atoms with Crippen molar-refractivity contribution in [3.05, 3.63) is 29.0 Å². The molecule has 0 aliphatic heterocycles. The SMILES string of the molecule is CC(CN)Cc1cc2ncn(C)c2cc1Cl. The van der Waals surface area contributed by atoms with Gasteiger partial charge in [0, 0.05) is 12.1 Å². The number of nitrogens with two attached hydrogens (primary N) is 1. The Labute approximate surface area is 100 Å². The molecule has 2 aromatic rings. The highest BCUT2D eigenvalue weighted by Gasteiger charge is 2.09. The van der Waals surface area contributed by atoms with E-state index in [1.54, 1.807) is 6.33 Å². The van der Waals surface area contributed by atoms with E-state index in [0.717, 1.165) is 28.0 Å². The van der Waals surface area contributed by atoms with E-state index >= 15 is 0 Å². The van der Waals surface area contributed by atoms with Crippen LogP contribution in [0.5, 0.6) is 0 Å². The number of hydrogen-bond acceptors (Lipinski definition) is 2. The molecule has 1 atom stereocenters. The molecule has 1 unspecified atom stereocenters. The first-order valence-electron chi connectivity index (χ1n) is 5.41. The molecule has 0 radical (unpaired) electrons. The molecule has 2 N–H and O–H groups in total. The average Bonchev–Trinajstić information content (AvgIpc) is 2.61. The van der Waals surface area contributed by atoms with Gasteiger partial charge in [-0.25, -0.2) is 4.98 Å². The summed E-state index contributed by atoms with van der Waals surface area (Å²) in [6, 6.07) is 4.03. The Morgan fingerprint density at radius 3 is 2.94 bits per heavy atom. The average molecular weight is 238 g/mol. The number of imidazole rings is 1. The molecule has 1 aromatic carbocycles. The van der Waals surface area contributed by atoms with E-state index in [2.05, 4.69) is 18.0 Å². The molecular weight excluding hydrogens is 222 g/mol. The molecule has 0 aliphatic rings. The molecule has 0 amide bonds. The second-order valence-electron chi connectivity index (χ2n) is 4.33. The zero-order valence-electron chi connectivity index (χ0n) is 9.57. The number of fused-ring (bicyclic) bond motifs is 1. The number of aromatic nitrogens is 2. The second-order valence-corrected chi connectivity index (χ2v) is 4.74. The number of aryl methyl sites for hydroxylation is 1. The highest BCUT2D eigenvalue weighted by molar-refractivity contribution is 6.32. The summed E-state index contributed by atoms with van der Waals surface area (Å²) in [5, 5.41) is 0.802. The molecular formula is C12H16ClN3. The Morgan fingerprint density at radius 1 is 1.50 bits per heavy atom. The Balaban J connectivity index is 2.42. The summed E-state index contributed by atoms with van der Waals surface area (Å²) in [6.45, 7) is 2.80. The molecule has 16 heavy (non-hydrogen) atoms. The Morgan fingerprint density at radius 2 is 2.25 bits per heavy atom. The number of halogens is 1. The van der Waals surface area contributed by atoms with E-state index in [1.165, 1.54) is 0 Å². The van der Waals surface area contributed by atoms with Gasteiger partial charge in [0.15, 0.2) is 0 Å². The molecule has 1 heterocycles. The maximum atomic E-state index is 6.25. The van der Waals surface area contributed by atoms with Crippen molar-refractivity contribution in [3.63, 3.8) is 0 Å². The minimum Gasteiger partial charge on any atom is -0.334 e. The van der Waals surface area contributed by atoms with Gasteiger partial charge in [-0.05, 0) is 36.6 Å². The van der Waals surface area contributed by atoms with Crippen molar-refractivity contribution in [2.45, 2.75) is 13.3 Å². The second kappa shape index (κ2) is 4.44. The molecule has 0 fully saturated rings. The van der Waals surface area contributed by atoms with Crippen LogP contribution < -0.4 is 5.73 Å². The van der Waals surface area contributed by atoms with Gasteiger partial charge in [-0.1, -0.05) is 18.5 Å². The maximum absolute atomic E-state index is 6.25. The smallest absolute Gasteiger partial charge is 0.0955 e. The molecule has 1 aromatic heterocycles. The molecule has 0 saturated carbocycles. The molecule has 0 spiro atoms. The molecule has 0 bridgehead atoms. The first kappa shape index (κ1) is 11.4. The summed E-state index contributed by atoms with van der Waals surface area (Å²) in [5.74, 6) is 0.443. The minimum absolute atomic E-state index is 0.443. The maximum Gasteiger partial charge on any atom is 0.0955 e. The van der Waals surface area contributed by atoms with Crippen LogP contribution in [0.1, 0.15) is 12.5 Å². The van der Waals surface area contributed by atoms with Crippen LogP contribution in [-0.2, 0) is 13.5 Å². The van der Waals surface area contributed by atoms with Crippen LogP contribution in [0.25, 0.3) is 11.0 Å². The van der Waals surface area contributed by atoms with Gasteiger partial charge in [-0.3, -0.25) is 0 Å². The zero-order valence-corrected chi connectivity index (χ0v) is 10.3. The van der Waals surface area contributed by atoms with Gasteiger partial charge in [-0.2, -0.15) is 0 Å². The van der Waals surface area contributed by atoms with Crippen LogP contribution in [0.15, 0.2) is 18.5 Å². The lowest BCUT2D eigenvalue weighted by Gasteiger charge is -2.10. The van der Waals surface area contributed by atoms with Crippen LogP contribution in [0, 0.1) is 5.92 Å². The van der Waals surface area contributed by atoms with Gasteiger partial charge < -0.3 is 10.3 Å². The van der Waals surface area contributed by atoms with Gasteiger partial charge in [0.05, 0.1) is 17.4 Å². The van der Waals surface area contributed by atoms with Gasteiger partial charge in [0.25, 0.3) is 0 Å². The molecule has 2 rings (SSSR count). The Kier molecular flexibility index (Phi) is 3.17. The largest absolute Gasteiger partial charge is 0.334 e. The predicted octanol–water partition coefficient (Wildman–Crippen LogP) is 2.36. The molecule has 0 aliphatic carbocycles. The summed E-state index contributed by atoms with van der Waals surface area (Å²) < 4.78 is 1.97. The van der Waals surface area contributed by atoms with Crippen molar-refractivity contribution in [3.8, 4) is 0 Å². The third-order valence-electron chi connectivity index (χ3n) is 2.86. The fourth-order valence-electron chi connectivity index (χ4n) is 1.81. The van der Waals surface area contributed by atoms with Crippen molar-refractivity contribution in [1.29, 1.82) is 0 Å². The summed E-state index contributed by atoms with van der Waals surface area (Å²) in [5.41, 5.74) is 8.81. The third kappa shape index (κ3) is 2.06. The van der Waals surface area contributed by atoms with Crippen molar-refractivity contribution in [2.24, 2.45) is 18.7 Å². The summed E-state index contributed by atoms with van der Waals surface area (Å²) in [7, 11) is 1.97. The molecule has 3 nitrogen and oxygen atoms in total. The first-order valence-corrected chi connectivity index (χ1v) is 5.79. The lowest BCUT2D eigenvalue weighted by Crippen LogP contribution is -2.13. The van der Waals surface area contributed by atoms with E-state index in [4.69, 9.17) is 17.3 Å². The highest BCUT2D eigenvalue weighted by atomic mass is 35.5. The van der Waals surface area contributed by atoms with E-state index < -0.39 is 0 Å². The van der Waals surface area contributed by atoms with E-state index in [1.807, 2.05) is 17.7 Å². The first-order chi connectivity index (χ1) is 7.61. The molecule has 86 valence electrons. The quantitative estimate of drug-likeness (QED) is 0.891. The van der Waals surface area contributed by atoms with Gasteiger partial charge >= 0.3 is 0 Å². The normalized spacial score (nSPS) is 13.2. The van der Waals surface area contributed by atoms with E-state index in [9.17, 15) is 0 Å². The number of hydrogen-bond donors (Lipinski definition) is 1.